The molecule has 3 heteroatoms. The molecule has 0 spiro atoms. The van der Waals surface area contributed by atoms with Crippen molar-refractivity contribution in [1.82, 2.24) is 0 Å². The fraction of sp³-hybridized carbons (Fsp3) is 0.100. The Balaban J connectivity index is 2.79. The van der Waals surface area contributed by atoms with Gasteiger partial charge in [0, 0.05) is 20.8 Å². The number of hydrogen-bond donors (Lipinski definition) is 1. The van der Waals surface area contributed by atoms with Crippen molar-refractivity contribution in [2.45, 2.75) is 6.92 Å². The molecule has 2 N–H and O–H groups in total. The summed E-state index contributed by atoms with van der Waals surface area (Å²) in [5.41, 5.74) is 6.81. The molecular weight excluding hydrogens is 182 g/mol. The van der Waals surface area contributed by atoms with Gasteiger partial charge in [0.1, 0.15) is 0 Å². The fourth-order valence-electron chi connectivity index (χ4n) is 1.36. The summed E-state index contributed by atoms with van der Waals surface area (Å²) in [4.78, 5) is 11.8. The number of aryl methyl sites for hydroxylation is 1. The SMILES string of the molecule is Cc1cc2cc(N)c(C=O)cc2s1. The van der Waals surface area contributed by atoms with Crippen LogP contribution in [-0.2, 0) is 0 Å². The second-order valence-electron chi connectivity index (χ2n) is 2.99. The molecule has 0 unspecified atom stereocenters. The number of nitrogens with two attached hydrogens (primary N) is 1. The molecule has 0 aliphatic rings. The van der Waals surface area contributed by atoms with Crippen LogP contribution in [0.15, 0.2) is 18.2 Å². The highest BCUT2D eigenvalue weighted by Gasteiger charge is 2.03. The fourth-order valence-corrected chi connectivity index (χ4v) is 2.31. The van der Waals surface area contributed by atoms with Crippen molar-refractivity contribution < 1.29 is 4.79 Å². The first-order valence-corrected chi connectivity index (χ1v) is 4.77. The number of thiophene rings is 1. The number of fused-ring (bicyclic) bond motifs is 1. The normalized spacial score (nSPS) is 10.5. The minimum atomic E-state index is 0.556. The largest absolute Gasteiger partial charge is 0.398 e. The lowest BCUT2D eigenvalue weighted by Gasteiger charge is -1.97. The highest BCUT2D eigenvalue weighted by molar-refractivity contribution is 7.19. The third-order valence-corrected chi connectivity index (χ3v) is 2.99. The Morgan fingerprint density at radius 3 is 2.85 bits per heavy atom. The summed E-state index contributed by atoms with van der Waals surface area (Å²) in [6, 6.07) is 5.77. The first-order chi connectivity index (χ1) is 6.20. The predicted molar refractivity (Wildman–Crippen MR) is 56.4 cm³/mol. The van der Waals surface area contributed by atoms with E-state index in [4.69, 9.17) is 5.73 Å². The van der Waals surface area contributed by atoms with Crippen molar-refractivity contribution in [3.63, 3.8) is 0 Å². The zero-order chi connectivity index (χ0) is 9.42. The zero-order valence-corrected chi connectivity index (χ0v) is 8.02. The van der Waals surface area contributed by atoms with Gasteiger partial charge in [0.2, 0.25) is 0 Å². The topological polar surface area (TPSA) is 43.1 Å². The first kappa shape index (κ1) is 8.26. The van der Waals surface area contributed by atoms with Crippen molar-refractivity contribution in [3.05, 3.63) is 28.6 Å². The maximum absolute atomic E-state index is 10.6. The van der Waals surface area contributed by atoms with E-state index >= 15 is 0 Å². The molecule has 66 valence electrons. The van der Waals surface area contributed by atoms with Crippen LogP contribution in [0.3, 0.4) is 0 Å². The Morgan fingerprint density at radius 2 is 2.15 bits per heavy atom. The van der Waals surface area contributed by atoms with Gasteiger partial charge in [-0.3, -0.25) is 4.79 Å². The van der Waals surface area contributed by atoms with Gasteiger partial charge in [-0.25, -0.2) is 0 Å². The predicted octanol–water partition coefficient (Wildman–Crippen LogP) is 2.60. The summed E-state index contributed by atoms with van der Waals surface area (Å²) < 4.78 is 1.12. The van der Waals surface area contributed by atoms with Gasteiger partial charge in [0.05, 0.1) is 0 Å². The van der Waals surface area contributed by atoms with Crippen LogP contribution in [0.2, 0.25) is 0 Å². The summed E-state index contributed by atoms with van der Waals surface area (Å²) in [5.74, 6) is 0. The first-order valence-electron chi connectivity index (χ1n) is 3.95. The number of aldehydes is 1. The zero-order valence-electron chi connectivity index (χ0n) is 7.20. The number of nitrogen functional groups attached to an aromatic ring is 1. The number of carbonyl (C=O) groups is 1. The second-order valence-corrected chi connectivity index (χ2v) is 4.28. The van der Waals surface area contributed by atoms with E-state index < -0.39 is 0 Å². The molecule has 0 saturated carbocycles. The number of benzene rings is 1. The lowest BCUT2D eigenvalue weighted by Crippen LogP contribution is -1.91. The van der Waals surface area contributed by atoms with Crippen molar-refractivity contribution in [2.24, 2.45) is 0 Å². The molecule has 0 amide bonds. The van der Waals surface area contributed by atoms with Crippen LogP contribution >= 0.6 is 11.3 Å². The van der Waals surface area contributed by atoms with Gasteiger partial charge >= 0.3 is 0 Å². The molecule has 1 aromatic carbocycles. The van der Waals surface area contributed by atoms with E-state index in [0.29, 0.717) is 11.3 Å². The van der Waals surface area contributed by atoms with Gasteiger partial charge in [-0.2, -0.15) is 0 Å². The van der Waals surface area contributed by atoms with E-state index in [1.165, 1.54) is 4.88 Å². The van der Waals surface area contributed by atoms with E-state index in [0.717, 1.165) is 16.4 Å². The average Bonchev–Trinajstić information content (AvgIpc) is 2.42. The lowest BCUT2D eigenvalue weighted by molar-refractivity contribution is 0.112. The van der Waals surface area contributed by atoms with Crippen LogP contribution in [0.1, 0.15) is 15.2 Å². The van der Waals surface area contributed by atoms with E-state index in [1.807, 2.05) is 19.1 Å². The minimum Gasteiger partial charge on any atom is -0.398 e. The third kappa shape index (κ3) is 1.31. The van der Waals surface area contributed by atoms with Crippen LogP contribution in [0.5, 0.6) is 0 Å². The van der Waals surface area contributed by atoms with Crippen molar-refractivity contribution in [3.8, 4) is 0 Å². The highest BCUT2D eigenvalue weighted by Crippen LogP contribution is 2.28. The van der Waals surface area contributed by atoms with Crippen LogP contribution in [-0.4, -0.2) is 6.29 Å². The minimum absolute atomic E-state index is 0.556. The van der Waals surface area contributed by atoms with Gasteiger partial charge in [-0.05, 0) is 30.5 Å². The Hall–Kier alpha value is -1.35. The van der Waals surface area contributed by atoms with E-state index in [1.54, 1.807) is 11.3 Å². The number of carbonyl (C=O) groups excluding carboxylic acids is 1. The summed E-state index contributed by atoms with van der Waals surface area (Å²) in [6.07, 6.45) is 0.795. The molecule has 0 bridgehead atoms. The van der Waals surface area contributed by atoms with Gasteiger partial charge in [-0.1, -0.05) is 0 Å². The smallest absolute Gasteiger partial charge is 0.152 e. The van der Waals surface area contributed by atoms with Crippen molar-refractivity contribution >= 4 is 33.4 Å². The Kier molecular flexibility index (Phi) is 1.81. The van der Waals surface area contributed by atoms with E-state index in [2.05, 4.69) is 6.07 Å². The third-order valence-electron chi connectivity index (χ3n) is 1.97. The van der Waals surface area contributed by atoms with Crippen LogP contribution in [0, 0.1) is 6.92 Å². The van der Waals surface area contributed by atoms with Gasteiger partial charge < -0.3 is 5.73 Å². The summed E-state index contributed by atoms with van der Waals surface area (Å²) in [5, 5.41) is 1.12. The molecule has 2 rings (SSSR count). The maximum atomic E-state index is 10.6. The molecule has 1 heterocycles. The quantitative estimate of drug-likeness (QED) is 0.556. The number of rotatable bonds is 1. The molecule has 1 aromatic heterocycles. The molecular formula is C10H9NOS. The summed E-state index contributed by atoms with van der Waals surface area (Å²) >= 11 is 1.68. The lowest BCUT2D eigenvalue weighted by atomic mass is 10.1. The monoisotopic (exact) mass is 191 g/mol. The van der Waals surface area contributed by atoms with Crippen LogP contribution in [0.25, 0.3) is 10.1 Å². The molecule has 0 fully saturated rings. The van der Waals surface area contributed by atoms with Gasteiger partial charge in [0.15, 0.2) is 6.29 Å². The molecule has 0 aliphatic heterocycles. The number of anilines is 1. The van der Waals surface area contributed by atoms with Gasteiger partial charge in [0.25, 0.3) is 0 Å². The number of hydrogen-bond acceptors (Lipinski definition) is 3. The molecule has 2 nitrogen and oxygen atoms in total. The maximum Gasteiger partial charge on any atom is 0.152 e. The molecule has 0 radical (unpaired) electrons. The Bertz CT molecular complexity index is 473. The van der Waals surface area contributed by atoms with Crippen molar-refractivity contribution in [1.29, 1.82) is 0 Å². The Labute approximate surface area is 80.0 Å². The molecule has 0 aliphatic carbocycles. The highest BCUT2D eigenvalue weighted by atomic mass is 32.1. The summed E-state index contributed by atoms with van der Waals surface area (Å²) in [7, 11) is 0. The molecule has 13 heavy (non-hydrogen) atoms. The van der Waals surface area contributed by atoms with Crippen molar-refractivity contribution in [2.75, 3.05) is 5.73 Å². The Morgan fingerprint density at radius 1 is 1.38 bits per heavy atom. The molecule has 0 atom stereocenters. The molecule has 0 saturated heterocycles. The van der Waals surface area contributed by atoms with E-state index in [9.17, 15) is 4.79 Å². The average molecular weight is 191 g/mol. The summed E-state index contributed by atoms with van der Waals surface area (Å²) in [6.45, 7) is 2.04. The van der Waals surface area contributed by atoms with Gasteiger partial charge in [-0.15, -0.1) is 11.3 Å². The standard InChI is InChI=1S/C10H9NOS/c1-6-2-7-3-9(11)8(5-12)4-10(7)13-6/h2-5H,11H2,1H3. The van der Waals surface area contributed by atoms with E-state index in [-0.39, 0.29) is 0 Å². The van der Waals surface area contributed by atoms with Crippen LogP contribution < -0.4 is 5.73 Å². The van der Waals surface area contributed by atoms with Crippen LogP contribution in [0.4, 0.5) is 5.69 Å². The molecule has 2 aromatic rings. The second kappa shape index (κ2) is 2.85.